The van der Waals surface area contributed by atoms with E-state index in [4.69, 9.17) is 5.73 Å². The van der Waals surface area contributed by atoms with E-state index >= 15 is 0 Å². The smallest absolute Gasteiger partial charge is 0.219 e. The summed E-state index contributed by atoms with van der Waals surface area (Å²) in [7, 11) is 0. The Bertz CT molecular complexity index is 207. The maximum absolute atomic E-state index is 11.0. The molecule has 1 saturated carbocycles. The zero-order valence-electron chi connectivity index (χ0n) is 8.74. The highest BCUT2D eigenvalue weighted by Crippen LogP contribution is 2.37. The fraction of sp³-hybridized carbons (Fsp3) is 0.909. The van der Waals surface area contributed by atoms with Crippen molar-refractivity contribution in [2.24, 2.45) is 11.7 Å². The summed E-state index contributed by atoms with van der Waals surface area (Å²) in [4.78, 5) is 13.5. The van der Waals surface area contributed by atoms with Crippen LogP contribution in [0.2, 0.25) is 0 Å². The van der Waals surface area contributed by atoms with Crippen LogP contribution < -0.4 is 5.73 Å². The van der Waals surface area contributed by atoms with Gasteiger partial charge >= 0.3 is 0 Å². The van der Waals surface area contributed by atoms with Crippen LogP contribution in [0, 0.1) is 5.92 Å². The zero-order chi connectivity index (χ0) is 9.97. The Morgan fingerprint density at radius 2 is 1.93 bits per heavy atom. The second-order valence-corrected chi connectivity index (χ2v) is 4.67. The third kappa shape index (κ3) is 2.47. The topological polar surface area (TPSA) is 46.3 Å². The lowest BCUT2D eigenvalue weighted by atomic mass is 10.0. The first kappa shape index (κ1) is 9.97. The molecule has 1 heterocycles. The Kier molecular flexibility index (Phi) is 3.06. The molecule has 2 fully saturated rings. The van der Waals surface area contributed by atoms with Crippen molar-refractivity contribution in [3.05, 3.63) is 0 Å². The van der Waals surface area contributed by atoms with Crippen molar-refractivity contribution in [1.29, 1.82) is 0 Å². The van der Waals surface area contributed by atoms with E-state index in [-0.39, 0.29) is 5.91 Å². The average molecular weight is 196 g/mol. The van der Waals surface area contributed by atoms with Gasteiger partial charge in [0, 0.05) is 12.5 Å². The van der Waals surface area contributed by atoms with Gasteiger partial charge in [0.1, 0.15) is 0 Å². The van der Waals surface area contributed by atoms with Crippen molar-refractivity contribution < 1.29 is 4.79 Å². The highest BCUT2D eigenvalue weighted by atomic mass is 16.1. The monoisotopic (exact) mass is 196 g/mol. The molecule has 3 heteroatoms. The Hall–Kier alpha value is -0.570. The van der Waals surface area contributed by atoms with E-state index in [1.54, 1.807) is 0 Å². The molecule has 1 atom stereocenters. The fourth-order valence-electron chi connectivity index (χ4n) is 2.53. The summed E-state index contributed by atoms with van der Waals surface area (Å²) in [6.07, 6.45) is 7.11. The van der Waals surface area contributed by atoms with Gasteiger partial charge in [0.15, 0.2) is 0 Å². The second-order valence-electron chi connectivity index (χ2n) is 4.67. The summed E-state index contributed by atoms with van der Waals surface area (Å²) in [5, 5.41) is 0. The normalized spacial score (nSPS) is 26.0. The molecular formula is C11H20N2O. The van der Waals surface area contributed by atoms with Crippen LogP contribution in [0.5, 0.6) is 0 Å². The van der Waals surface area contributed by atoms with Gasteiger partial charge in [0.2, 0.25) is 5.91 Å². The Labute approximate surface area is 85.6 Å². The number of hydrogen-bond acceptors (Lipinski definition) is 2. The maximum Gasteiger partial charge on any atom is 0.219 e. The van der Waals surface area contributed by atoms with Gasteiger partial charge in [-0.1, -0.05) is 6.42 Å². The first-order chi connectivity index (χ1) is 6.77. The summed E-state index contributed by atoms with van der Waals surface area (Å²) < 4.78 is 0. The van der Waals surface area contributed by atoms with Crippen LogP contribution in [0.15, 0.2) is 0 Å². The standard InChI is InChI=1S/C11H20N2O/c12-11(14)8-10(9-4-5-9)13-6-2-1-3-7-13/h9-10H,1-8H2,(H2,12,14). The summed E-state index contributed by atoms with van der Waals surface area (Å²) >= 11 is 0. The summed E-state index contributed by atoms with van der Waals surface area (Å²) in [5.41, 5.74) is 5.30. The van der Waals surface area contributed by atoms with Gasteiger partial charge in [0.25, 0.3) is 0 Å². The molecule has 3 nitrogen and oxygen atoms in total. The minimum Gasteiger partial charge on any atom is -0.370 e. The molecule has 1 amide bonds. The molecule has 0 bridgehead atoms. The van der Waals surface area contributed by atoms with Crippen LogP contribution >= 0.6 is 0 Å². The number of piperidine rings is 1. The summed E-state index contributed by atoms with van der Waals surface area (Å²) in [5.74, 6) is 0.632. The molecule has 0 spiro atoms. The molecule has 14 heavy (non-hydrogen) atoms. The number of carbonyl (C=O) groups excluding carboxylic acids is 1. The third-order valence-corrected chi connectivity index (χ3v) is 3.44. The van der Waals surface area contributed by atoms with Gasteiger partial charge in [0.05, 0.1) is 0 Å². The molecule has 2 rings (SSSR count). The van der Waals surface area contributed by atoms with E-state index in [0.717, 1.165) is 5.92 Å². The lowest BCUT2D eigenvalue weighted by Gasteiger charge is -2.34. The number of amides is 1. The highest BCUT2D eigenvalue weighted by molar-refractivity contribution is 5.74. The Morgan fingerprint density at radius 3 is 2.43 bits per heavy atom. The van der Waals surface area contributed by atoms with E-state index in [9.17, 15) is 4.79 Å². The predicted octanol–water partition coefficient (Wildman–Crippen LogP) is 1.13. The molecule has 2 N–H and O–H groups in total. The van der Waals surface area contributed by atoms with Crippen molar-refractivity contribution in [2.45, 2.75) is 44.6 Å². The quantitative estimate of drug-likeness (QED) is 0.732. The SMILES string of the molecule is NC(=O)CC(C1CC1)N1CCCCC1. The zero-order valence-corrected chi connectivity index (χ0v) is 8.74. The first-order valence-electron chi connectivity index (χ1n) is 5.80. The van der Waals surface area contributed by atoms with Crippen molar-refractivity contribution in [3.63, 3.8) is 0 Å². The van der Waals surface area contributed by atoms with Gasteiger partial charge in [-0.2, -0.15) is 0 Å². The minimum absolute atomic E-state index is 0.132. The summed E-state index contributed by atoms with van der Waals surface area (Å²) in [6.45, 7) is 2.35. The predicted molar refractivity (Wildman–Crippen MR) is 55.7 cm³/mol. The lowest BCUT2D eigenvalue weighted by molar-refractivity contribution is -0.119. The molecule has 2 aliphatic rings. The van der Waals surface area contributed by atoms with E-state index in [0.29, 0.717) is 12.5 Å². The van der Waals surface area contributed by atoms with Crippen LogP contribution in [0.3, 0.4) is 0 Å². The molecule has 1 saturated heterocycles. The number of nitrogens with zero attached hydrogens (tertiary/aromatic N) is 1. The third-order valence-electron chi connectivity index (χ3n) is 3.44. The summed E-state index contributed by atoms with van der Waals surface area (Å²) in [6, 6.07) is 0.466. The van der Waals surface area contributed by atoms with Crippen LogP contribution in [0.1, 0.15) is 38.5 Å². The van der Waals surface area contributed by atoms with Crippen molar-refractivity contribution in [1.82, 2.24) is 4.90 Å². The number of nitrogens with two attached hydrogens (primary N) is 1. The molecule has 1 aliphatic carbocycles. The van der Waals surface area contributed by atoms with E-state index in [1.807, 2.05) is 0 Å². The number of carbonyl (C=O) groups is 1. The highest BCUT2D eigenvalue weighted by Gasteiger charge is 2.36. The maximum atomic E-state index is 11.0. The van der Waals surface area contributed by atoms with Gasteiger partial charge in [-0.25, -0.2) is 0 Å². The van der Waals surface area contributed by atoms with Crippen molar-refractivity contribution in [3.8, 4) is 0 Å². The average Bonchev–Trinajstić information content (AvgIpc) is 2.99. The number of primary amides is 1. The van der Waals surface area contributed by atoms with Crippen LogP contribution in [-0.2, 0) is 4.79 Å². The molecule has 0 aromatic rings. The Morgan fingerprint density at radius 1 is 1.29 bits per heavy atom. The molecule has 0 aromatic carbocycles. The molecule has 0 radical (unpaired) electrons. The van der Waals surface area contributed by atoms with E-state index < -0.39 is 0 Å². The van der Waals surface area contributed by atoms with Crippen molar-refractivity contribution >= 4 is 5.91 Å². The van der Waals surface area contributed by atoms with Gasteiger partial charge in [-0.3, -0.25) is 9.69 Å². The van der Waals surface area contributed by atoms with Gasteiger partial charge in [-0.15, -0.1) is 0 Å². The molecule has 1 unspecified atom stereocenters. The van der Waals surface area contributed by atoms with Crippen LogP contribution in [0.4, 0.5) is 0 Å². The molecule has 80 valence electrons. The largest absolute Gasteiger partial charge is 0.370 e. The lowest BCUT2D eigenvalue weighted by Crippen LogP contribution is -2.42. The van der Waals surface area contributed by atoms with E-state index in [2.05, 4.69) is 4.90 Å². The van der Waals surface area contributed by atoms with Crippen molar-refractivity contribution in [2.75, 3.05) is 13.1 Å². The second kappa shape index (κ2) is 4.30. The number of hydrogen-bond donors (Lipinski definition) is 1. The Balaban J connectivity index is 1.90. The molecular weight excluding hydrogens is 176 g/mol. The van der Waals surface area contributed by atoms with Gasteiger partial charge < -0.3 is 5.73 Å². The van der Waals surface area contributed by atoms with E-state index in [1.165, 1.54) is 45.2 Å². The van der Waals surface area contributed by atoms with Crippen LogP contribution in [-0.4, -0.2) is 29.9 Å². The number of rotatable bonds is 4. The first-order valence-corrected chi connectivity index (χ1v) is 5.80. The fourth-order valence-corrected chi connectivity index (χ4v) is 2.53. The minimum atomic E-state index is -0.132. The van der Waals surface area contributed by atoms with Crippen LogP contribution in [0.25, 0.3) is 0 Å². The molecule has 0 aromatic heterocycles. The van der Waals surface area contributed by atoms with Gasteiger partial charge in [-0.05, 0) is 44.7 Å². The number of likely N-dealkylation sites (tertiary alicyclic amines) is 1. The molecule has 1 aliphatic heterocycles.